The Labute approximate surface area is 148 Å². The summed E-state index contributed by atoms with van der Waals surface area (Å²) in [6.07, 6.45) is 0.538. The molecule has 0 aliphatic heterocycles. The third kappa shape index (κ3) is 5.41. The van der Waals surface area contributed by atoms with Crippen molar-refractivity contribution in [3.05, 3.63) is 53.1 Å². The molecule has 25 heavy (non-hydrogen) atoms. The summed E-state index contributed by atoms with van der Waals surface area (Å²) < 4.78 is 16.9. The minimum absolute atomic E-state index is 0.0848. The van der Waals surface area contributed by atoms with Crippen LogP contribution in [0.25, 0.3) is 0 Å². The van der Waals surface area contributed by atoms with Gasteiger partial charge in [-0.2, -0.15) is 0 Å². The van der Waals surface area contributed by atoms with Crippen molar-refractivity contribution in [2.75, 3.05) is 20.3 Å². The van der Waals surface area contributed by atoms with Crippen LogP contribution in [0.2, 0.25) is 0 Å². The van der Waals surface area contributed by atoms with E-state index in [1.807, 2.05) is 44.2 Å². The van der Waals surface area contributed by atoms with Gasteiger partial charge in [-0.3, -0.25) is 4.79 Å². The predicted octanol–water partition coefficient (Wildman–Crippen LogP) is 3.79. The van der Waals surface area contributed by atoms with Gasteiger partial charge in [-0.15, -0.1) is 0 Å². The maximum Gasteiger partial charge on any atom is 0.303 e. The van der Waals surface area contributed by atoms with E-state index in [1.54, 1.807) is 13.2 Å². The summed E-state index contributed by atoms with van der Waals surface area (Å²) in [5, 5.41) is 8.80. The number of hydrogen-bond acceptors (Lipinski definition) is 4. The van der Waals surface area contributed by atoms with E-state index in [1.165, 1.54) is 0 Å². The molecule has 0 heterocycles. The van der Waals surface area contributed by atoms with Gasteiger partial charge in [0.2, 0.25) is 0 Å². The molecule has 0 aliphatic carbocycles. The number of hydrogen-bond donors (Lipinski definition) is 1. The first-order valence-corrected chi connectivity index (χ1v) is 8.21. The first-order chi connectivity index (χ1) is 12.0. The highest BCUT2D eigenvalue weighted by molar-refractivity contribution is 5.67. The van der Waals surface area contributed by atoms with E-state index in [9.17, 15) is 4.79 Å². The van der Waals surface area contributed by atoms with Gasteiger partial charge in [0.15, 0.2) is 11.5 Å². The Bertz CT molecular complexity index is 704. The number of ether oxygens (including phenoxy) is 3. The molecular formula is C20H24O5. The maximum absolute atomic E-state index is 10.7. The van der Waals surface area contributed by atoms with Crippen LogP contribution < -0.4 is 14.2 Å². The van der Waals surface area contributed by atoms with Crippen LogP contribution >= 0.6 is 0 Å². The Morgan fingerprint density at radius 3 is 2.32 bits per heavy atom. The molecule has 2 aromatic carbocycles. The number of benzene rings is 2. The normalized spacial score (nSPS) is 10.4. The van der Waals surface area contributed by atoms with Crippen LogP contribution in [0.4, 0.5) is 0 Å². The number of carbonyl (C=O) groups is 1. The minimum atomic E-state index is -0.819. The monoisotopic (exact) mass is 344 g/mol. The molecule has 0 bridgehead atoms. The summed E-state index contributed by atoms with van der Waals surface area (Å²) in [7, 11) is 1.58. The summed E-state index contributed by atoms with van der Waals surface area (Å²) >= 11 is 0. The number of methoxy groups -OCH3 is 1. The molecule has 0 radical (unpaired) electrons. The van der Waals surface area contributed by atoms with Gasteiger partial charge in [0.05, 0.1) is 7.11 Å². The number of aryl methyl sites for hydroxylation is 3. The Morgan fingerprint density at radius 2 is 1.68 bits per heavy atom. The lowest BCUT2D eigenvalue weighted by Crippen LogP contribution is -2.11. The molecule has 0 saturated carbocycles. The fraction of sp³-hybridized carbons (Fsp3) is 0.350. The molecule has 134 valence electrons. The minimum Gasteiger partial charge on any atom is -0.493 e. The molecule has 0 aliphatic rings. The third-order valence-corrected chi connectivity index (χ3v) is 3.85. The lowest BCUT2D eigenvalue weighted by atomic mass is 10.1. The molecule has 2 aromatic rings. The molecule has 0 atom stereocenters. The molecule has 0 aromatic heterocycles. The average molecular weight is 344 g/mol. The molecule has 5 nitrogen and oxygen atoms in total. The Morgan fingerprint density at radius 1 is 1.00 bits per heavy atom. The first kappa shape index (κ1) is 18.6. The van der Waals surface area contributed by atoms with Crippen molar-refractivity contribution >= 4 is 5.97 Å². The average Bonchev–Trinajstić information content (AvgIpc) is 2.59. The van der Waals surface area contributed by atoms with E-state index < -0.39 is 5.97 Å². The number of carboxylic acids is 1. The summed E-state index contributed by atoms with van der Waals surface area (Å²) in [5.74, 6) is 1.27. The van der Waals surface area contributed by atoms with E-state index in [-0.39, 0.29) is 6.42 Å². The Balaban J connectivity index is 1.94. The second-order valence-electron chi connectivity index (χ2n) is 5.80. The molecule has 1 N–H and O–H groups in total. The fourth-order valence-electron chi connectivity index (χ4n) is 2.56. The van der Waals surface area contributed by atoms with Crippen molar-refractivity contribution in [2.24, 2.45) is 0 Å². The zero-order valence-electron chi connectivity index (χ0n) is 14.9. The second-order valence-corrected chi connectivity index (χ2v) is 5.80. The molecule has 2 rings (SSSR count). The van der Waals surface area contributed by atoms with E-state index >= 15 is 0 Å². The van der Waals surface area contributed by atoms with E-state index in [4.69, 9.17) is 19.3 Å². The Kier molecular flexibility index (Phi) is 6.69. The highest BCUT2D eigenvalue weighted by Gasteiger charge is 2.08. The van der Waals surface area contributed by atoms with Crippen molar-refractivity contribution in [3.63, 3.8) is 0 Å². The molecule has 5 heteroatoms. The van der Waals surface area contributed by atoms with Gasteiger partial charge in [0.25, 0.3) is 0 Å². The largest absolute Gasteiger partial charge is 0.493 e. The van der Waals surface area contributed by atoms with Crippen molar-refractivity contribution in [1.82, 2.24) is 0 Å². The SMILES string of the molecule is COc1ccc(CCC(=O)O)cc1OCCOc1c(C)cccc1C. The zero-order valence-corrected chi connectivity index (χ0v) is 14.9. The highest BCUT2D eigenvalue weighted by atomic mass is 16.5. The summed E-state index contributed by atoms with van der Waals surface area (Å²) in [6, 6.07) is 11.5. The van der Waals surface area contributed by atoms with Crippen LogP contribution in [0.3, 0.4) is 0 Å². The van der Waals surface area contributed by atoms with Gasteiger partial charge < -0.3 is 19.3 Å². The number of aliphatic carboxylic acids is 1. The lowest BCUT2D eigenvalue weighted by molar-refractivity contribution is -0.136. The van der Waals surface area contributed by atoms with Gasteiger partial charge in [0.1, 0.15) is 19.0 Å². The molecule has 0 spiro atoms. The van der Waals surface area contributed by atoms with Crippen LogP contribution in [0.15, 0.2) is 36.4 Å². The van der Waals surface area contributed by atoms with Crippen molar-refractivity contribution in [2.45, 2.75) is 26.7 Å². The number of carboxylic acid groups (broad SMARTS) is 1. The molecule has 0 saturated heterocycles. The van der Waals surface area contributed by atoms with Crippen molar-refractivity contribution in [1.29, 1.82) is 0 Å². The summed E-state index contributed by atoms with van der Waals surface area (Å²) in [5.41, 5.74) is 3.08. The number of para-hydroxylation sites is 1. The lowest BCUT2D eigenvalue weighted by Gasteiger charge is -2.14. The van der Waals surface area contributed by atoms with Gasteiger partial charge in [-0.1, -0.05) is 24.3 Å². The molecule has 0 fully saturated rings. The molecule has 0 amide bonds. The first-order valence-electron chi connectivity index (χ1n) is 8.21. The van der Waals surface area contributed by atoms with Crippen LogP contribution in [-0.4, -0.2) is 31.4 Å². The van der Waals surface area contributed by atoms with Gasteiger partial charge in [-0.25, -0.2) is 0 Å². The predicted molar refractivity (Wildman–Crippen MR) is 95.9 cm³/mol. The third-order valence-electron chi connectivity index (χ3n) is 3.85. The maximum atomic E-state index is 10.7. The zero-order chi connectivity index (χ0) is 18.2. The van der Waals surface area contributed by atoms with E-state index in [0.29, 0.717) is 31.1 Å². The smallest absolute Gasteiger partial charge is 0.303 e. The molecular weight excluding hydrogens is 320 g/mol. The topological polar surface area (TPSA) is 65.0 Å². The van der Waals surface area contributed by atoms with Crippen LogP contribution in [0.1, 0.15) is 23.1 Å². The standard InChI is InChI=1S/C20H24O5/c1-14-5-4-6-15(2)20(14)25-12-11-24-18-13-16(8-10-19(21)22)7-9-17(18)23-3/h4-7,9,13H,8,10-12H2,1-3H3,(H,21,22). The second kappa shape index (κ2) is 8.97. The van der Waals surface area contributed by atoms with Gasteiger partial charge >= 0.3 is 5.97 Å². The summed E-state index contributed by atoms with van der Waals surface area (Å²) in [4.78, 5) is 10.7. The highest BCUT2D eigenvalue weighted by Crippen LogP contribution is 2.29. The number of rotatable bonds is 9. The van der Waals surface area contributed by atoms with Gasteiger partial charge in [0, 0.05) is 6.42 Å². The van der Waals surface area contributed by atoms with Crippen LogP contribution in [0.5, 0.6) is 17.2 Å². The quantitative estimate of drug-likeness (QED) is 0.701. The fourth-order valence-corrected chi connectivity index (χ4v) is 2.56. The van der Waals surface area contributed by atoms with Crippen molar-refractivity contribution in [3.8, 4) is 17.2 Å². The van der Waals surface area contributed by atoms with Gasteiger partial charge in [-0.05, 0) is 49.1 Å². The van der Waals surface area contributed by atoms with Crippen molar-refractivity contribution < 1.29 is 24.1 Å². The van der Waals surface area contributed by atoms with E-state index in [0.717, 1.165) is 22.4 Å². The summed E-state index contributed by atoms with van der Waals surface area (Å²) in [6.45, 7) is 4.80. The van der Waals surface area contributed by atoms with E-state index in [2.05, 4.69) is 0 Å². The molecule has 0 unspecified atom stereocenters. The Hall–Kier alpha value is -2.69. The van der Waals surface area contributed by atoms with Crippen LogP contribution in [0, 0.1) is 13.8 Å². The van der Waals surface area contributed by atoms with Crippen LogP contribution in [-0.2, 0) is 11.2 Å².